The molecule has 84 valence electrons. The highest BCUT2D eigenvalue weighted by atomic mass is 79.9. The molecule has 1 heterocycles. The predicted molar refractivity (Wildman–Crippen MR) is 63.7 cm³/mol. The quantitative estimate of drug-likeness (QED) is 0.861. The fourth-order valence-electron chi connectivity index (χ4n) is 0.999. The van der Waals surface area contributed by atoms with E-state index < -0.39 is 5.54 Å². The van der Waals surface area contributed by atoms with Gasteiger partial charge in [-0.25, -0.2) is 4.98 Å². The second-order valence-electron chi connectivity index (χ2n) is 3.93. The molecular weight excluding hydrogens is 260 g/mol. The van der Waals surface area contributed by atoms with Gasteiger partial charge in [0.25, 0.3) is 0 Å². The van der Waals surface area contributed by atoms with Gasteiger partial charge in [0, 0.05) is 13.2 Å². The van der Waals surface area contributed by atoms with Gasteiger partial charge in [-0.05, 0) is 29.8 Å². The van der Waals surface area contributed by atoms with Gasteiger partial charge < -0.3 is 15.7 Å². The first kappa shape index (κ1) is 12.2. The number of hydrogen-bond acceptors (Lipinski definition) is 5. The summed E-state index contributed by atoms with van der Waals surface area (Å²) < 4.78 is 0.751. The third-order valence-corrected chi connectivity index (χ3v) is 2.92. The number of aliphatic hydroxyl groups is 1. The Bertz CT molecular complexity index is 356. The molecule has 1 aromatic rings. The number of likely N-dealkylation sites (N-methyl/N-ethyl adjacent to an activating group) is 1. The molecule has 0 unspecified atom stereocenters. The summed E-state index contributed by atoms with van der Waals surface area (Å²) in [6, 6.07) is 0. The Balaban J connectivity index is 3.10. The zero-order chi connectivity index (χ0) is 11.6. The van der Waals surface area contributed by atoms with Crippen molar-refractivity contribution < 1.29 is 5.11 Å². The lowest BCUT2D eigenvalue weighted by molar-refractivity contribution is 0.215. The molecule has 0 fully saturated rings. The third-order valence-electron chi connectivity index (χ3n) is 2.36. The van der Waals surface area contributed by atoms with Gasteiger partial charge in [0.2, 0.25) is 5.95 Å². The summed E-state index contributed by atoms with van der Waals surface area (Å²) in [6.07, 6.45) is 1.60. The van der Waals surface area contributed by atoms with Gasteiger partial charge in [0.05, 0.1) is 16.6 Å². The molecule has 0 aromatic carbocycles. The van der Waals surface area contributed by atoms with Crippen LogP contribution >= 0.6 is 15.9 Å². The Hall–Kier alpha value is -0.880. The van der Waals surface area contributed by atoms with E-state index in [1.54, 1.807) is 6.20 Å². The van der Waals surface area contributed by atoms with Gasteiger partial charge in [-0.15, -0.1) is 0 Å². The molecule has 0 aliphatic carbocycles. The number of hydrogen-bond donors (Lipinski definition) is 2. The highest BCUT2D eigenvalue weighted by Gasteiger charge is 2.25. The molecule has 0 saturated carbocycles. The number of nitrogens with two attached hydrogens (primary N) is 1. The average Bonchev–Trinajstić information content (AvgIpc) is 2.20. The number of nitrogen functional groups attached to an aromatic ring is 1. The van der Waals surface area contributed by atoms with E-state index in [2.05, 4.69) is 25.9 Å². The van der Waals surface area contributed by atoms with Crippen LogP contribution in [-0.4, -0.2) is 34.3 Å². The standard InChI is InChI=1S/C9H15BrN4O/c1-9(2,5-15)14(3)7-6(10)4-12-8(11)13-7/h4,15H,5H2,1-3H3,(H2,11,12,13). The van der Waals surface area contributed by atoms with Crippen molar-refractivity contribution in [1.82, 2.24) is 9.97 Å². The number of nitrogens with zero attached hydrogens (tertiary/aromatic N) is 3. The lowest BCUT2D eigenvalue weighted by Crippen LogP contribution is -2.45. The van der Waals surface area contributed by atoms with Crippen molar-refractivity contribution in [2.75, 3.05) is 24.3 Å². The molecule has 0 spiro atoms. The molecule has 6 heteroatoms. The topological polar surface area (TPSA) is 75.3 Å². The summed E-state index contributed by atoms with van der Waals surface area (Å²) in [5.74, 6) is 0.885. The Morgan fingerprint density at radius 1 is 1.60 bits per heavy atom. The minimum absolute atomic E-state index is 0.0276. The molecule has 15 heavy (non-hydrogen) atoms. The summed E-state index contributed by atoms with van der Waals surface area (Å²) in [5.41, 5.74) is 5.12. The first-order chi connectivity index (χ1) is 6.88. The lowest BCUT2D eigenvalue weighted by atomic mass is 10.1. The summed E-state index contributed by atoms with van der Waals surface area (Å²) >= 11 is 3.35. The van der Waals surface area contributed by atoms with Crippen molar-refractivity contribution in [3.63, 3.8) is 0 Å². The SMILES string of the molecule is CN(c1nc(N)ncc1Br)C(C)(C)CO. The van der Waals surface area contributed by atoms with Crippen LogP contribution in [0.15, 0.2) is 10.7 Å². The van der Waals surface area contributed by atoms with Crippen molar-refractivity contribution in [3.05, 3.63) is 10.7 Å². The van der Waals surface area contributed by atoms with Crippen molar-refractivity contribution >= 4 is 27.7 Å². The van der Waals surface area contributed by atoms with E-state index in [0.717, 1.165) is 4.47 Å². The van der Waals surface area contributed by atoms with Crippen LogP contribution in [0.3, 0.4) is 0 Å². The maximum atomic E-state index is 9.25. The number of halogens is 1. The Labute approximate surface area is 97.5 Å². The summed E-state index contributed by atoms with van der Waals surface area (Å²) in [4.78, 5) is 9.84. The molecule has 0 aliphatic rings. The second-order valence-corrected chi connectivity index (χ2v) is 4.78. The van der Waals surface area contributed by atoms with Crippen molar-refractivity contribution in [2.24, 2.45) is 0 Å². The van der Waals surface area contributed by atoms with Crippen LogP contribution in [0.2, 0.25) is 0 Å². The number of rotatable bonds is 3. The van der Waals surface area contributed by atoms with E-state index in [0.29, 0.717) is 5.82 Å². The molecule has 3 N–H and O–H groups in total. The van der Waals surface area contributed by atoms with Crippen LogP contribution in [-0.2, 0) is 0 Å². The molecule has 0 amide bonds. The van der Waals surface area contributed by atoms with E-state index in [1.165, 1.54) is 0 Å². The van der Waals surface area contributed by atoms with Crippen LogP contribution in [0.1, 0.15) is 13.8 Å². The molecule has 0 atom stereocenters. The molecule has 0 radical (unpaired) electrons. The Kier molecular flexibility index (Phi) is 3.51. The minimum Gasteiger partial charge on any atom is -0.394 e. The first-order valence-corrected chi connectivity index (χ1v) is 5.30. The first-order valence-electron chi connectivity index (χ1n) is 4.51. The molecular formula is C9H15BrN4O. The van der Waals surface area contributed by atoms with Gasteiger partial charge in [-0.2, -0.15) is 4.98 Å². The minimum atomic E-state index is -0.399. The molecule has 1 aromatic heterocycles. The number of anilines is 2. The van der Waals surface area contributed by atoms with Crippen molar-refractivity contribution in [2.45, 2.75) is 19.4 Å². The third kappa shape index (κ3) is 2.57. The van der Waals surface area contributed by atoms with Gasteiger partial charge in [0.1, 0.15) is 5.82 Å². The largest absolute Gasteiger partial charge is 0.394 e. The van der Waals surface area contributed by atoms with Gasteiger partial charge in [0.15, 0.2) is 0 Å². The maximum absolute atomic E-state index is 9.25. The maximum Gasteiger partial charge on any atom is 0.222 e. The van der Waals surface area contributed by atoms with E-state index in [1.807, 2.05) is 25.8 Å². The number of aliphatic hydroxyl groups excluding tert-OH is 1. The van der Waals surface area contributed by atoms with E-state index in [-0.39, 0.29) is 12.6 Å². The van der Waals surface area contributed by atoms with Crippen molar-refractivity contribution in [3.8, 4) is 0 Å². The van der Waals surface area contributed by atoms with Crippen LogP contribution in [0, 0.1) is 0 Å². The average molecular weight is 275 g/mol. The fraction of sp³-hybridized carbons (Fsp3) is 0.556. The molecule has 0 saturated heterocycles. The van der Waals surface area contributed by atoms with Gasteiger partial charge in [-0.3, -0.25) is 0 Å². The smallest absolute Gasteiger partial charge is 0.222 e. The molecule has 1 rings (SSSR count). The van der Waals surface area contributed by atoms with E-state index in [4.69, 9.17) is 5.73 Å². The van der Waals surface area contributed by atoms with Gasteiger partial charge in [-0.1, -0.05) is 0 Å². The Morgan fingerprint density at radius 2 is 2.20 bits per heavy atom. The lowest BCUT2D eigenvalue weighted by Gasteiger charge is -2.35. The van der Waals surface area contributed by atoms with Crippen LogP contribution in [0.4, 0.5) is 11.8 Å². The van der Waals surface area contributed by atoms with Crippen molar-refractivity contribution in [1.29, 1.82) is 0 Å². The summed E-state index contributed by atoms with van der Waals surface area (Å²) in [7, 11) is 1.85. The highest BCUT2D eigenvalue weighted by molar-refractivity contribution is 9.10. The highest BCUT2D eigenvalue weighted by Crippen LogP contribution is 2.27. The Morgan fingerprint density at radius 3 is 2.73 bits per heavy atom. The molecule has 0 aliphatic heterocycles. The van der Waals surface area contributed by atoms with Crippen LogP contribution < -0.4 is 10.6 Å². The summed E-state index contributed by atoms with van der Waals surface area (Å²) in [6.45, 7) is 3.86. The normalized spacial score (nSPS) is 11.5. The zero-order valence-corrected chi connectivity index (χ0v) is 10.6. The summed E-state index contributed by atoms with van der Waals surface area (Å²) in [5, 5.41) is 9.25. The predicted octanol–water partition coefficient (Wildman–Crippen LogP) is 1.03. The van der Waals surface area contributed by atoms with Crippen LogP contribution in [0.5, 0.6) is 0 Å². The van der Waals surface area contributed by atoms with Crippen LogP contribution in [0.25, 0.3) is 0 Å². The molecule has 5 nitrogen and oxygen atoms in total. The fourth-order valence-corrected chi connectivity index (χ4v) is 1.46. The van der Waals surface area contributed by atoms with E-state index >= 15 is 0 Å². The van der Waals surface area contributed by atoms with E-state index in [9.17, 15) is 5.11 Å². The number of aromatic nitrogens is 2. The molecule has 0 bridgehead atoms. The monoisotopic (exact) mass is 274 g/mol. The second kappa shape index (κ2) is 4.32. The zero-order valence-electron chi connectivity index (χ0n) is 9.03. The van der Waals surface area contributed by atoms with Gasteiger partial charge >= 0.3 is 0 Å².